The van der Waals surface area contributed by atoms with Crippen LogP contribution in [0.5, 0.6) is 0 Å². The third kappa shape index (κ3) is 36.1. The van der Waals surface area contributed by atoms with Crippen LogP contribution in [0.3, 0.4) is 0 Å². The van der Waals surface area contributed by atoms with E-state index in [1.165, 1.54) is 203 Å². The Kier molecular flexibility index (Phi) is 51.4. The number of ether oxygens (including phenoxy) is 2. The van der Waals surface area contributed by atoms with E-state index in [1.807, 2.05) is 65.2 Å². The Morgan fingerprint density at radius 3 is 1.27 bits per heavy atom. The average molecular weight is 2270 g/mol. The number of non-ortho nitro benzene ring substituents is 1. The van der Waals surface area contributed by atoms with E-state index in [0.717, 1.165) is 78.9 Å². The van der Waals surface area contributed by atoms with Crippen LogP contribution in [-0.4, -0.2) is 142 Å². The van der Waals surface area contributed by atoms with Crippen LogP contribution < -0.4 is 75.3 Å². The Labute approximate surface area is 944 Å². The number of benzene rings is 14. The van der Waals surface area contributed by atoms with Gasteiger partial charge in [0, 0.05) is 56.5 Å². The van der Waals surface area contributed by atoms with Crippen molar-refractivity contribution in [3.05, 3.63) is 341 Å². The summed E-state index contributed by atoms with van der Waals surface area (Å²) in [6.45, 7) is 14.3. The number of rotatable bonds is 17. The van der Waals surface area contributed by atoms with Crippen LogP contribution in [0.2, 0.25) is 0 Å². The molecule has 0 spiro atoms. The Morgan fingerprint density at radius 2 is 0.898 bits per heavy atom. The number of isothiocyanates is 1. The number of nitrogen functional groups attached to an aromatic ring is 2. The zero-order valence-corrected chi connectivity index (χ0v) is 95.7. The summed E-state index contributed by atoms with van der Waals surface area (Å²) < 4.78 is 15.0. The van der Waals surface area contributed by atoms with Crippen molar-refractivity contribution in [1.82, 2.24) is 34.4 Å². The molecule has 7 aliphatic rings. The van der Waals surface area contributed by atoms with Gasteiger partial charge in [0.15, 0.2) is 5.16 Å². The molecule has 2 heterocycles. The molecule has 12 N–H and O–H groups in total. The summed E-state index contributed by atoms with van der Waals surface area (Å²) in [5.74, 6) is 8.52. The quantitative estimate of drug-likeness (QED) is 0.00355. The van der Waals surface area contributed by atoms with Crippen LogP contribution in [0.1, 0.15) is 200 Å². The molecular weight excluding hydrogens is 2140 g/mol. The van der Waals surface area contributed by atoms with E-state index in [-0.39, 0.29) is 110 Å². The Hall–Kier alpha value is -10.6. The number of nitro groups is 1. The van der Waals surface area contributed by atoms with Gasteiger partial charge in [-0.3, -0.25) is 38.8 Å². The summed E-state index contributed by atoms with van der Waals surface area (Å²) in [5, 5.41) is 65.6. The third-order valence-electron chi connectivity index (χ3n) is 24.5. The van der Waals surface area contributed by atoms with Gasteiger partial charge in [0.25, 0.3) is 5.69 Å². The molecule has 7 saturated carbocycles. The number of H-pyrrole nitrogens is 1. The summed E-state index contributed by atoms with van der Waals surface area (Å²) in [5.41, 5.74) is 34.0. The zero-order valence-electron chi connectivity index (χ0n) is 84.3. The second kappa shape index (κ2) is 62.1. The van der Waals surface area contributed by atoms with Crippen LogP contribution in [0, 0.1) is 31.4 Å². The number of carbonyl (C=O) groups excluding carboxylic acids is 2. The van der Waals surface area contributed by atoms with Gasteiger partial charge in [-0.25, -0.2) is 12.8 Å². The van der Waals surface area contributed by atoms with Gasteiger partial charge in [0.2, 0.25) is 21.4 Å². The summed E-state index contributed by atoms with van der Waals surface area (Å²) in [4.78, 5) is 46.5. The van der Waals surface area contributed by atoms with Gasteiger partial charge in [-0.15, -0.1) is 37.3 Å². The number of aliphatic hydroxyl groups is 1. The molecule has 0 saturated heterocycles. The number of hydrazone groups is 1. The topological polar surface area (TPSA) is 391 Å². The predicted octanol–water partition coefficient (Wildman–Crippen LogP) is 22.1. The first kappa shape index (κ1) is 122. The van der Waals surface area contributed by atoms with E-state index in [4.69, 9.17) is 66.7 Å². The van der Waals surface area contributed by atoms with Crippen molar-refractivity contribution in [2.24, 2.45) is 32.7 Å². The number of nitrogens with zero attached hydrogens (tertiary/aromatic N) is 10. The molecule has 7 fully saturated rings. The Balaban J connectivity index is 0.000000201. The second-order valence-electron chi connectivity index (χ2n) is 35.5. The van der Waals surface area contributed by atoms with Crippen LogP contribution in [-0.2, 0) is 19.1 Å². The largest absolute Gasteiger partial charge is 2.00 e. The number of nitrogens with one attached hydrogen (secondary N) is 1. The first-order chi connectivity index (χ1) is 69.8. The van der Waals surface area contributed by atoms with Gasteiger partial charge in [-0.1, -0.05) is 259 Å². The number of fused-ring (bicyclic) bond motifs is 7. The number of esters is 2. The molecule has 147 heavy (non-hydrogen) atoms. The minimum absolute atomic E-state index is 0. The fraction of sp³-hybridized carbons (Fsp3) is 0.301. The van der Waals surface area contributed by atoms with Gasteiger partial charge in [-0.2, -0.15) is 4.99 Å². The SMILES string of the molecule is Brc1cccc2ccccc12.CCN(C(C)C)C(C)C.CCO.COC(=O)CCl.COC(=O)CSc1nnc(N)n1-c1ccc(C2CC2)c2ccccc12.NN=C(N)N.Nc1ccc(C2CC2)c2ccccc12.O=N[O-].O=[N+]([O-])c1ccc(C2CC2)c2ccccc12.S=C=Nc1ccc(C2CC2)c2ccccc12.S=c1[nH]nc(Br)n1-c1ccc(C2CC2)c2ccccc12.[Br-].[CH-]1CC1.[Mg+2].[Na+].c1ccc2c(C3CC3)cccc2c1. The number of aliphatic hydroxyl groups excluding tert-OH is 1. The van der Waals surface area contributed by atoms with Crippen LogP contribution in [0.15, 0.2) is 297 Å². The molecule has 2 aromatic heterocycles. The maximum Gasteiger partial charge on any atom is 2.00 e. The second-order valence-corrected chi connectivity index (χ2v) is 38.9. The normalized spacial score (nSPS) is 13.4. The van der Waals surface area contributed by atoms with Gasteiger partial charge in [0.05, 0.1) is 52.5 Å². The molecule has 0 bridgehead atoms. The Morgan fingerprint density at radius 1 is 0.551 bits per heavy atom. The van der Waals surface area contributed by atoms with Crippen molar-refractivity contribution in [2.45, 2.75) is 184 Å². The van der Waals surface area contributed by atoms with Gasteiger partial charge in [-0.05, 0) is 312 Å². The summed E-state index contributed by atoms with van der Waals surface area (Å²) in [6.07, 6.45) is 20.6. The van der Waals surface area contributed by atoms with Crippen molar-refractivity contribution in [3.63, 3.8) is 0 Å². The summed E-state index contributed by atoms with van der Waals surface area (Å²) in [7, 11) is 2.66. The number of aromatic nitrogens is 6. The maximum atomic E-state index is 11.4. The number of anilines is 2. The molecule has 23 rings (SSSR count). The van der Waals surface area contributed by atoms with Crippen molar-refractivity contribution < 1.29 is 75.6 Å². The number of hydrogen-bond donors (Lipinski definition) is 7. The first-order valence-electron chi connectivity index (χ1n) is 48.3. The standard InChI is InChI=1S/C18H18N4O2S.C15H12BrN3S.C14H11NS.C13H11NO2.C13H13N.C13H12.C10H7Br.C8H19N.C3H5ClO2.C3H5.C2H6O.CH6N4.BrH.Mg.HNO2.Na/c1-24-16(23)10-25-18-21-20-17(19)22(18)15-9-8-12(11-6-7-11)13-4-2-3-5-14(13)15;16-14-17-18-15(20)19(14)13-8-7-10(9-5-6-9)11-3-1-2-4-12(11)13;16-9-15-14-8-7-11(10-5-6-10)12-3-1-2-4-13(12)14;15-14(16)13-8-7-10(9-5-6-9)11-3-1-2-4-12(11)13;14-13-8-7-10(9-5-6-9)11-3-1-2-4-12(11)13;1-2-6-12-10(4-1)5-3-7-13(12)11-8-9-11;11-10-7-3-5-8-4-1-2-6-9(8)10;1-6-9(7(2)3)8(4)5;1-6-3(5)2-4;1-2-3-1;1-2-3;2-1(3)5-4;;;2-1-3;/h2-5,8-9,11H,6-7,10H2,1H3,(H2,19,20);1-4,7-9H,5-6H2,(H,18,20);1-4,7-8,10H,5-6H2;1-4,7-9H,5-6H2;1-4,7-9H,5-6,14H2;1-7,11H,8-9H2;1-7H;7-8H,6H2,1-5H3;2H2,1H3;1H,2-3H2;3H,2H2,1H3;4H2,(H4,2,3,5);1H;;(H,2,3);/q;;;;;;;;;-1;;;;+2;;+1/p-2. The number of thiocarbonyl (C=S) groups is 1. The van der Waals surface area contributed by atoms with Gasteiger partial charge < -0.3 is 76.9 Å². The van der Waals surface area contributed by atoms with Crippen molar-refractivity contribution in [1.29, 1.82) is 0 Å². The molecule has 16 aromatic rings. The van der Waals surface area contributed by atoms with Crippen molar-refractivity contribution in [3.8, 4) is 11.4 Å². The molecular formula is C113H125Br3ClMgN16NaO9S3. The molecule has 34 heteroatoms. The fourth-order valence-corrected chi connectivity index (χ4v) is 19.2. The van der Waals surface area contributed by atoms with E-state index < -0.39 is 5.97 Å². The zero-order chi connectivity index (χ0) is 103. The molecule has 0 aliphatic heterocycles. The smallest absolute Gasteiger partial charge is 1.00 e. The number of guanidine groups is 1. The molecule has 0 atom stereocenters. The fourth-order valence-electron chi connectivity index (χ4n) is 16.9. The molecule has 0 unspecified atom stereocenters. The number of nitrogens with two attached hydrogens (primary N) is 5. The van der Waals surface area contributed by atoms with Crippen LogP contribution in [0.4, 0.5) is 23.0 Å². The minimum Gasteiger partial charge on any atom is -1.00 e. The van der Waals surface area contributed by atoms with Crippen LogP contribution >= 0.6 is 79.7 Å². The predicted molar refractivity (Wildman–Crippen MR) is 612 cm³/mol. The van der Waals surface area contributed by atoms with E-state index in [1.54, 1.807) is 23.1 Å². The summed E-state index contributed by atoms with van der Waals surface area (Å²) in [6, 6.07) is 93.1. The van der Waals surface area contributed by atoms with Crippen molar-refractivity contribution >= 4 is 224 Å². The molecule has 760 valence electrons. The Bertz CT molecular complexity index is 7040. The number of thioether (sulfide) groups is 1. The van der Waals surface area contributed by atoms with Crippen LogP contribution in [0.25, 0.3) is 86.8 Å². The van der Waals surface area contributed by atoms with Gasteiger partial charge in [0.1, 0.15) is 5.88 Å². The average Bonchev–Trinajstić information content (AvgIpc) is 1.77. The number of hydrogen-bond acceptors (Lipinski definition) is 22. The summed E-state index contributed by atoms with van der Waals surface area (Å²) >= 11 is 23.2. The minimum atomic E-state index is -0.392. The number of halogens is 4. The van der Waals surface area contributed by atoms with E-state index >= 15 is 0 Å². The molecule has 7 aliphatic carbocycles. The molecule has 0 amide bonds. The number of aliphatic imine (C=N–C) groups is 1. The third-order valence-corrected chi connectivity index (χ3v) is 27.3. The van der Waals surface area contributed by atoms with E-state index in [2.05, 4.69) is 336 Å². The first-order valence-corrected chi connectivity index (χ1v) is 52.2. The maximum absolute atomic E-state index is 11.4. The number of aromatic amines is 1. The van der Waals surface area contributed by atoms with E-state index in [9.17, 15) is 19.7 Å². The number of alkyl halides is 1. The van der Waals surface area contributed by atoms with Gasteiger partial charge >= 0.3 is 64.5 Å². The number of carbonyl (C=O) groups is 2. The van der Waals surface area contributed by atoms with E-state index in [0.29, 0.717) is 44.5 Å². The molecule has 25 nitrogen and oxygen atoms in total. The molecule has 0 radical (unpaired) electrons. The molecule has 14 aromatic carbocycles. The number of nitro benzene ring substituents is 1. The van der Waals surface area contributed by atoms with Crippen molar-refractivity contribution in [2.75, 3.05) is 50.5 Å². The number of methoxy groups -OCH3 is 2. The monoisotopic (exact) mass is 2260 g/mol.